The number of amides is 1. The highest BCUT2D eigenvalue weighted by molar-refractivity contribution is 6.76. The Kier molecular flexibility index (Phi) is 25.6. The van der Waals surface area contributed by atoms with E-state index in [1.165, 1.54) is 0 Å². The molecule has 0 atom stereocenters. The molecule has 1 saturated heterocycles. The van der Waals surface area contributed by atoms with Crippen molar-refractivity contribution in [2.24, 2.45) is 0 Å². The maximum absolute atomic E-state index is 12.2. The fourth-order valence-electron chi connectivity index (χ4n) is 11.8. The van der Waals surface area contributed by atoms with Gasteiger partial charge in [0.25, 0.3) is 0 Å². The van der Waals surface area contributed by atoms with E-state index in [1.807, 2.05) is 137 Å². The molecule has 106 heavy (non-hydrogen) atoms. The van der Waals surface area contributed by atoms with E-state index in [9.17, 15) is 14.7 Å². The normalized spacial score (nSPS) is 13.5. The van der Waals surface area contributed by atoms with Crippen LogP contribution in [-0.2, 0) is 66.1 Å². The Labute approximate surface area is 626 Å². The number of fused-ring (bicyclic) bond motifs is 3. The fourth-order valence-corrected chi connectivity index (χ4v) is 14.1. The molecule has 0 bridgehead atoms. The van der Waals surface area contributed by atoms with Crippen molar-refractivity contribution in [2.45, 2.75) is 149 Å². The molecule has 558 valence electrons. The molecule has 25 heteroatoms. The number of nitrogens with zero attached hydrogens (tertiary/aromatic N) is 10. The van der Waals surface area contributed by atoms with Gasteiger partial charge in [0.05, 0.1) is 45.4 Å². The number of hydrogen-bond donors (Lipinski definition) is 1. The summed E-state index contributed by atoms with van der Waals surface area (Å²) in [6.07, 6.45) is 5.81. The first kappa shape index (κ1) is 79.4. The molecule has 21 nitrogen and oxygen atoms in total. The molecule has 0 saturated carbocycles. The number of hydrogen-bond acceptors (Lipinski definition) is 16. The maximum atomic E-state index is 12.2. The van der Waals surface area contributed by atoms with Gasteiger partial charge in [0.1, 0.15) is 54.5 Å². The Hall–Kier alpha value is -9.18. The van der Waals surface area contributed by atoms with Crippen LogP contribution in [0.5, 0.6) is 17.2 Å². The van der Waals surface area contributed by atoms with Gasteiger partial charge in [-0.15, -0.1) is 0 Å². The average Bonchev–Trinajstić information content (AvgIpc) is 1.62. The lowest BCUT2D eigenvalue weighted by Gasteiger charge is -2.32. The Morgan fingerprint density at radius 2 is 0.811 bits per heavy atom. The molecule has 1 N–H and O–H groups in total. The summed E-state index contributed by atoms with van der Waals surface area (Å²) in [5.41, 5.74) is 12.8. The fraction of sp³-hybridized carbons (Fsp3) is 0.383. The molecule has 7 heterocycles. The average molecular weight is 1490 g/mol. The zero-order valence-corrected chi connectivity index (χ0v) is 67.9. The third kappa shape index (κ3) is 20.1. The summed E-state index contributed by atoms with van der Waals surface area (Å²) < 4.78 is 52.9. The largest absolute Gasteiger partial charge is 0.496 e. The summed E-state index contributed by atoms with van der Waals surface area (Å²) in [5.74, 6) is 1.45. The van der Waals surface area contributed by atoms with Crippen molar-refractivity contribution in [3.63, 3.8) is 0 Å². The molecule has 0 unspecified atom stereocenters. The van der Waals surface area contributed by atoms with Crippen LogP contribution in [0.3, 0.4) is 0 Å². The monoisotopic (exact) mass is 1490 g/mol. The van der Waals surface area contributed by atoms with E-state index in [4.69, 9.17) is 68.0 Å². The van der Waals surface area contributed by atoms with Gasteiger partial charge in [0, 0.05) is 126 Å². The molecule has 6 aromatic heterocycles. The minimum absolute atomic E-state index is 0.0251. The van der Waals surface area contributed by atoms with Crippen molar-refractivity contribution in [2.75, 3.05) is 55.2 Å². The lowest BCUT2D eigenvalue weighted by atomic mass is 9.80. The molecule has 0 aliphatic carbocycles. The van der Waals surface area contributed by atoms with Crippen molar-refractivity contribution in [1.82, 2.24) is 49.2 Å². The zero-order valence-electron chi connectivity index (χ0n) is 64.9. The van der Waals surface area contributed by atoms with Gasteiger partial charge in [-0.3, -0.25) is 9.59 Å². The highest BCUT2D eigenvalue weighted by Gasteiger charge is 2.52. The number of likely N-dealkylation sites (N-methyl/N-ethyl adjacent to an activating group) is 1. The Morgan fingerprint density at radius 3 is 1.16 bits per heavy atom. The second kappa shape index (κ2) is 34.2. The number of pyridine rings is 3. The minimum atomic E-state index is -1.19. The smallest absolute Gasteiger partial charge is 0.496 e. The van der Waals surface area contributed by atoms with Crippen molar-refractivity contribution < 1.29 is 52.4 Å². The molecule has 0 radical (unpaired) electrons. The van der Waals surface area contributed by atoms with E-state index in [2.05, 4.69) is 111 Å². The van der Waals surface area contributed by atoms with Crippen LogP contribution in [-0.4, -0.2) is 164 Å². The zero-order chi connectivity index (χ0) is 76.3. The number of carbonyl (C=O) groups excluding carboxylic acids is 1. The lowest BCUT2D eigenvalue weighted by molar-refractivity contribution is -0.136. The number of carboxylic acids is 1. The van der Waals surface area contributed by atoms with Gasteiger partial charge in [0.2, 0.25) is 5.91 Å². The molecule has 0 spiro atoms. The number of aromatic nitrogens is 9. The molecule has 5 aromatic carbocycles. The van der Waals surface area contributed by atoms with Crippen LogP contribution in [0.15, 0.2) is 158 Å². The molecular weight excluding hydrogens is 1380 g/mol. The summed E-state index contributed by atoms with van der Waals surface area (Å²) in [6.45, 7) is 32.4. The number of para-hydroxylation sites is 3. The van der Waals surface area contributed by atoms with Gasteiger partial charge < -0.3 is 47.7 Å². The minimum Gasteiger partial charge on any atom is -0.496 e. The molecule has 11 aromatic rings. The maximum Gasteiger partial charge on any atom is 0.496 e. The van der Waals surface area contributed by atoms with E-state index in [1.54, 1.807) is 51.2 Å². The lowest BCUT2D eigenvalue weighted by Crippen LogP contribution is -2.41. The van der Waals surface area contributed by atoms with E-state index < -0.39 is 48.5 Å². The van der Waals surface area contributed by atoms with Gasteiger partial charge >= 0.3 is 13.1 Å². The van der Waals surface area contributed by atoms with Crippen LogP contribution in [0, 0.1) is 0 Å². The SMILES string of the molecule is COc1ccccc1-c1nn(COCC[Si](C)(C)C)c2ncc(-c3cccc(CC(=O)N(C)C)c3)cc12.COc1ccccc1-c1nn(COCC[Si](C)(C)C)c2ncc(-c3cccc(CC(=O)O)c3)cc12.COc1ccccc1-c1nn(COCC[Si](C)(C)C)c2ncc(B3OC(C)(C)C(C)(C)O3)cc12. The predicted molar refractivity (Wildman–Crippen MR) is 431 cm³/mol. The van der Waals surface area contributed by atoms with Crippen LogP contribution in [0.4, 0.5) is 0 Å². The van der Waals surface area contributed by atoms with Crippen molar-refractivity contribution in [3.8, 4) is 73.3 Å². The number of carbonyl (C=O) groups is 2. The van der Waals surface area contributed by atoms with E-state index in [-0.39, 0.29) is 12.3 Å². The highest BCUT2D eigenvalue weighted by Crippen LogP contribution is 2.41. The number of benzene rings is 5. The summed E-state index contributed by atoms with van der Waals surface area (Å²) in [4.78, 5) is 39.4. The van der Waals surface area contributed by atoms with Gasteiger partial charge in [-0.2, -0.15) is 15.3 Å². The first-order valence-electron chi connectivity index (χ1n) is 36.0. The van der Waals surface area contributed by atoms with Crippen LogP contribution in [0.1, 0.15) is 38.8 Å². The van der Waals surface area contributed by atoms with Crippen LogP contribution < -0.4 is 19.7 Å². The molecule has 1 amide bonds. The van der Waals surface area contributed by atoms with Crippen LogP contribution in [0.2, 0.25) is 77.1 Å². The van der Waals surface area contributed by atoms with Crippen LogP contribution in [0.25, 0.3) is 89.1 Å². The molecule has 12 rings (SSSR count). The van der Waals surface area contributed by atoms with Gasteiger partial charge in [-0.1, -0.05) is 144 Å². The van der Waals surface area contributed by atoms with E-state index in [0.29, 0.717) is 46.4 Å². The Balaban J connectivity index is 0.000000170. The predicted octanol–water partition coefficient (Wildman–Crippen LogP) is 16.1. The molecule has 1 aliphatic heterocycles. The van der Waals surface area contributed by atoms with Crippen LogP contribution >= 0.6 is 0 Å². The van der Waals surface area contributed by atoms with Crippen molar-refractivity contribution >= 4 is 81.8 Å². The number of ether oxygens (including phenoxy) is 6. The van der Waals surface area contributed by atoms with E-state index in [0.717, 1.165) is 141 Å². The van der Waals surface area contributed by atoms with Crippen molar-refractivity contribution in [1.29, 1.82) is 0 Å². The Morgan fingerprint density at radius 1 is 0.462 bits per heavy atom. The number of rotatable bonds is 28. The third-order valence-electron chi connectivity index (χ3n) is 18.8. The molecule has 1 fully saturated rings. The third-order valence-corrected chi connectivity index (χ3v) is 23.9. The Bertz CT molecular complexity index is 4850. The topological polar surface area (TPSA) is 224 Å². The van der Waals surface area contributed by atoms with Crippen molar-refractivity contribution in [3.05, 3.63) is 169 Å². The molecular formula is C81H103BN10O11Si3. The first-order chi connectivity index (χ1) is 50.3. The second-order valence-corrected chi connectivity index (χ2v) is 48.4. The first-order valence-corrected chi connectivity index (χ1v) is 47.1. The standard InChI is InChI=1S/C29H36N4O3Si.C27H31N3O4Si.C25H36BN3O4Si/c1-32(2)27(34)17-21-10-9-11-22(16-21)23-18-25-28(24-12-7-8-13-26(24)35-3)31-33(29(25)30-19-23)20-36-14-15-37(4,5)6;1-33-24-11-6-5-10-22(24)26-23-16-21(20-9-7-8-19(14-20)15-25(31)32)17-28-27(23)30(29-26)18-34-12-13-35(2,3)4;1-24(2)25(3,4)33-26(32-24)18-15-20-22(19-11-9-10-12-21(19)30-5)28-29(23(20)27-16-18)17-31-13-14-34(6,7)8/h7-13,16,18-19H,14-15,17,20H2,1-6H3;5-11,14,16-17H,12-13,15,18H2,1-4H3,(H,31,32);9-12,15-16H,13-14,17H2,1-8H3. The van der Waals surface area contributed by atoms with Gasteiger partial charge in [-0.25, -0.2) is 29.0 Å². The second-order valence-electron chi connectivity index (χ2n) is 31.5. The van der Waals surface area contributed by atoms with Gasteiger partial charge in [0.15, 0.2) is 16.9 Å². The van der Waals surface area contributed by atoms with Gasteiger partial charge in [-0.05, 0) is 123 Å². The summed E-state index contributed by atoms with van der Waals surface area (Å²) in [5, 5.41) is 26.6. The molecule has 1 aliphatic rings. The number of aliphatic carboxylic acids is 1. The number of carboxylic acid groups (broad SMARTS) is 1. The summed E-state index contributed by atoms with van der Waals surface area (Å²) in [7, 11) is 4.49. The summed E-state index contributed by atoms with van der Waals surface area (Å²) >= 11 is 0. The number of methoxy groups -OCH3 is 3. The van der Waals surface area contributed by atoms with E-state index >= 15 is 0 Å². The summed E-state index contributed by atoms with van der Waals surface area (Å²) in [6, 6.07) is 48.7. The highest BCUT2D eigenvalue weighted by atomic mass is 28.3. The quantitative estimate of drug-likeness (QED) is 0.0355.